The molecule has 0 unspecified atom stereocenters. The Morgan fingerprint density at radius 3 is 2.54 bits per heavy atom. The average Bonchev–Trinajstić information content (AvgIpc) is 3.66. The summed E-state index contributed by atoms with van der Waals surface area (Å²) >= 11 is 3.37. The second kappa shape index (κ2) is 15.3. The van der Waals surface area contributed by atoms with Gasteiger partial charge in [-0.1, -0.05) is 32.9 Å². The minimum Gasteiger partial charge on any atom is -0.373 e. The summed E-state index contributed by atoms with van der Waals surface area (Å²) in [5.41, 5.74) is 1.94. The van der Waals surface area contributed by atoms with E-state index >= 15 is 0 Å². The molecule has 1 saturated heterocycles. The number of aromatic nitrogens is 6. The average molecular weight is 747 g/mol. The third kappa shape index (κ3) is 8.45. The van der Waals surface area contributed by atoms with Crippen molar-refractivity contribution < 1.29 is 23.9 Å². The van der Waals surface area contributed by atoms with Gasteiger partial charge in [-0.3, -0.25) is 28.8 Å². The molecule has 0 saturated carbocycles. The molecule has 2 N–H and O–H groups in total. The fourth-order valence-corrected chi connectivity index (χ4v) is 5.90. The molecule has 3 amide bonds. The lowest BCUT2D eigenvalue weighted by molar-refractivity contribution is -0.137. The van der Waals surface area contributed by atoms with Crippen molar-refractivity contribution in [3.05, 3.63) is 71.1 Å². The maximum atomic E-state index is 14.1. The van der Waals surface area contributed by atoms with E-state index in [1.807, 2.05) is 20.8 Å². The number of nitrogens with zero attached hydrogens (tertiary/aromatic N) is 7. The van der Waals surface area contributed by atoms with Crippen LogP contribution in [0.5, 0.6) is 0 Å². The highest BCUT2D eigenvalue weighted by atomic mass is 79.9. The molecule has 1 fully saturated rings. The molecule has 262 valence electrons. The Balaban J connectivity index is 1.42. The molecule has 50 heavy (non-hydrogen) atoms. The topological polar surface area (TPSA) is 174 Å². The first-order valence-electron chi connectivity index (χ1n) is 16.1. The van der Waals surface area contributed by atoms with E-state index in [4.69, 9.17) is 4.74 Å². The quantitative estimate of drug-likeness (QED) is 0.0922. The van der Waals surface area contributed by atoms with Crippen molar-refractivity contribution in [1.82, 2.24) is 39.9 Å². The van der Waals surface area contributed by atoms with Gasteiger partial charge in [0.15, 0.2) is 5.78 Å². The van der Waals surface area contributed by atoms with Crippen molar-refractivity contribution in [2.75, 3.05) is 25.0 Å². The number of aryl methyl sites for hydroxylation is 1. The molecule has 0 aliphatic carbocycles. The summed E-state index contributed by atoms with van der Waals surface area (Å²) in [5, 5.41) is 10.9. The molecule has 14 nitrogen and oxygen atoms in total. The third-order valence-electron chi connectivity index (χ3n) is 8.25. The highest BCUT2D eigenvalue weighted by Crippen LogP contribution is 2.28. The first kappa shape index (κ1) is 36.4. The van der Waals surface area contributed by atoms with Crippen LogP contribution >= 0.6 is 15.9 Å². The van der Waals surface area contributed by atoms with Crippen LogP contribution in [0.15, 0.2) is 54.0 Å². The van der Waals surface area contributed by atoms with E-state index in [0.29, 0.717) is 57.0 Å². The van der Waals surface area contributed by atoms with Crippen LogP contribution in [0.1, 0.15) is 56.0 Å². The number of pyridine rings is 2. The van der Waals surface area contributed by atoms with Crippen molar-refractivity contribution in [3.63, 3.8) is 0 Å². The van der Waals surface area contributed by atoms with Gasteiger partial charge in [-0.15, -0.1) is 6.58 Å². The lowest BCUT2D eigenvalue weighted by Gasteiger charge is -2.24. The van der Waals surface area contributed by atoms with Crippen LogP contribution in [0.25, 0.3) is 22.2 Å². The summed E-state index contributed by atoms with van der Waals surface area (Å²) in [7, 11) is 0. The Morgan fingerprint density at radius 1 is 1.12 bits per heavy atom. The van der Waals surface area contributed by atoms with E-state index in [1.54, 1.807) is 49.8 Å². The number of carbonyl (C=O) groups is 4. The van der Waals surface area contributed by atoms with Crippen molar-refractivity contribution in [3.8, 4) is 11.3 Å². The Morgan fingerprint density at radius 2 is 1.86 bits per heavy atom. The number of carbonyl (C=O) groups excluding carboxylic acids is 4. The summed E-state index contributed by atoms with van der Waals surface area (Å²) in [5.74, 6) is -0.507. The zero-order valence-electron chi connectivity index (χ0n) is 28.7. The second-order valence-electron chi connectivity index (χ2n) is 13.2. The molecule has 0 radical (unpaired) electrons. The molecule has 0 spiro atoms. The van der Waals surface area contributed by atoms with E-state index in [1.165, 1.54) is 16.5 Å². The molecular weight excluding hydrogens is 706 g/mol. The molecule has 4 aromatic heterocycles. The molecule has 2 atom stereocenters. The zero-order valence-corrected chi connectivity index (χ0v) is 30.3. The number of fused-ring (bicyclic) bond motifs is 1. The molecule has 5 rings (SSSR count). The number of ether oxygens (including phenoxy) is 1. The number of ketones is 1. The minimum atomic E-state index is -0.873. The van der Waals surface area contributed by atoms with Gasteiger partial charge in [0, 0.05) is 54.3 Å². The fraction of sp³-hybridized carbons (Fsp3) is 0.400. The third-order valence-corrected chi connectivity index (χ3v) is 8.70. The second-order valence-corrected chi connectivity index (χ2v) is 14.0. The number of anilines is 1. The van der Waals surface area contributed by atoms with Gasteiger partial charge in [-0.2, -0.15) is 5.10 Å². The van der Waals surface area contributed by atoms with Crippen molar-refractivity contribution in [1.29, 1.82) is 0 Å². The van der Waals surface area contributed by atoms with Crippen LogP contribution in [-0.2, 0) is 32.3 Å². The number of likely N-dealkylation sites (tertiary alicyclic amines) is 1. The lowest BCUT2D eigenvalue weighted by atomic mass is 9.95. The van der Waals surface area contributed by atoms with Crippen molar-refractivity contribution >= 4 is 56.2 Å². The fourth-order valence-electron chi connectivity index (χ4n) is 5.59. The van der Waals surface area contributed by atoms with E-state index in [2.05, 4.69) is 58.2 Å². The van der Waals surface area contributed by atoms with E-state index in [-0.39, 0.29) is 55.5 Å². The van der Waals surface area contributed by atoms with E-state index in [0.717, 1.165) is 0 Å². The summed E-state index contributed by atoms with van der Waals surface area (Å²) in [6.45, 7) is 13.1. The smallest absolute Gasteiger partial charge is 0.248 e. The molecule has 15 heteroatoms. The molecule has 0 aromatic carbocycles. The van der Waals surface area contributed by atoms with E-state index in [9.17, 15) is 19.2 Å². The summed E-state index contributed by atoms with van der Waals surface area (Å²) in [6, 6.07) is 4.40. The molecule has 4 aromatic rings. The van der Waals surface area contributed by atoms with Gasteiger partial charge in [0.05, 0.1) is 30.6 Å². The molecule has 1 aliphatic heterocycles. The van der Waals surface area contributed by atoms with Crippen LogP contribution in [-0.4, -0.2) is 83.9 Å². The highest BCUT2D eigenvalue weighted by Gasteiger charge is 2.40. The summed E-state index contributed by atoms with van der Waals surface area (Å²) in [4.78, 5) is 72.3. The highest BCUT2D eigenvalue weighted by molar-refractivity contribution is 9.10. The summed E-state index contributed by atoms with van der Waals surface area (Å²) in [6.07, 6.45) is 6.79. The minimum absolute atomic E-state index is 0.130. The van der Waals surface area contributed by atoms with Gasteiger partial charge in [0.25, 0.3) is 0 Å². The summed E-state index contributed by atoms with van der Waals surface area (Å²) < 4.78 is 7.55. The SMILES string of the molecule is C=CCOCc1ccc(Br)nc1NC(=O)[C@@H]1C[C@H](CNC(=O)C(C)(C)C)CN1C(=O)Cn1nc(C(C)=O)c2cc(-c3cnc(C)nc3)ncc21. The Bertz CT molecular complexity index is 1940. The van der Waals surface area contributed by atoms with Crippen molar-refractivity contribution in [2.45, 2.75) is 60.2 Å². The molecular formula is C35H40BrN9O5. The maximum Gasteiger partial charge on any atom is 0.248 e. The van der Waals surface area contributed by atoms with Gasteiger partial charge < -0.3 is 20.3 Å². The number of hydrogen-bond acceptors (Lipinski definition) is 10. The zero-order chi connectivity index (χ0) is 36.2. The number of Topliss-reactive ketones (excluding diaryl/α,β-unsaturated/α-hetero) is 1. The maximum absolute atomic E-state index is 14.1. The molecule has 1 aliphatic rings. The number of rotatable bonds is 12. The molecule has 5 heterocycles. The van der Waals surface area contributed by atoms with Crippen LogP contribution in [0.3, 0.4) is 0 Å². The number of nitrogens with one attached hydrogen (secondary N) is 2. The van der Waals surface area contributed by atoms with Crippen molar-refractivity contribution in [2.24, 2.45) is 11.3 Å². The van der Waals surface area contributed by atoms with Crippen LogP contribution in [0, 0.1) is 18.3 Å². The van der Waals surface area contributed by atoms with Gasteiger partial charge in [0.2, 0.25) is 17.7 Å². The monoisotopic (exact) mass is 745 g/mol. The van der Waals surface area contributed by atoms with Crippen LogP contribution in [0.4, 0.5) is 5.82 Å². The van der Waals surface area contributed by atoms with Gasteiger partial charge >= 0.3 is 0 Å². The predicted octanol–water partition coefficient (Wildman–Crippen LogP) is 4.28. The number of amides is 3. The first-order valence-corrected chi connectivity index (χ1v) is 16.9. The molecule has 0 bridgehead atoms. The Hall–Kier alpha value is -4.89. The van der Waals surface area contributed by atoms with Crippen LogP contribution in [0.2, 0.25) is 0 Å². The Labute approximate surface area is 298 Å². The normalized spacial score (nSPS) is 16.0. The predicted molar refractivity (Wildman–Crippen MR) is 190 cm³/mol. The largest absolute Gasteiger partial charge is 0.373 e. The van der Waals surface area contributed by atoms with Gasteiger partial charge in [-0.05, 0) is 47.3 Å². The van der Waals surface area contributed by atoms with Gasteiger partial charge in [0.1, 0.15) is 34.5 Å². The first-order chi connectivity index (χ1) is 23.7. The number of hydrogen-bond donors (Lipinski definition) is 2. The van der Waals surface area contributed by atoms with E-state index < -0.39 is 17.4 Å². The van der Waals surface area contributed by atoms with Gasteiger partial charge in [-0.25, -0.2) is 15.0 Å². The number of halogens is 1. The lowest BCUT2D eigenvalue weighted by Crippen LogP contribution is -2.45. The Kier molecular flexibility index (Phi) is 11.2. The van der Waals surface area contributed by atoms with Crippen LogP contribution < -0.4 is 10.6 Å². The standard InChI is InChI=1S/C35H40BrN9O5/c1-7-10-50-19-23-8-9-29(36)41-32(23)42-33(48)27-11-22(13-40-34(49)35(4,5)6)17-44(27)30(47)18-45-28-16-39-26(24-14-37-21(3)38-15-24)12-25(28)31(43-45)20(2)46/h7-9,12,14-16,22,27H,1,10-11,13,17-19H2,2-6H3,(H,40,49)(H,41,42,48)/t22-,27+/m1/s1.